The van der Waals surface area contributed by atoms with Gasteiger partial charge >= 0.3 is 11.9 Å². The third-order valence-electron chi connectivity index (χ3n) is 13.2. The molecular weight excluding hydrogens is 1130 g/mol. The lowest BCUT2D eigenvalue weighted by Crippen LogP contribution is -2.49. The lowest BCUT2D eigenvalue weighted by atomic mass is 10.0. The molecule has 6 atom stereocenters. The Morgan fingerprint density at radius 3 is 2.12 bits per heavy atom. The number of primary amides is 1. The smallest absolute Gasteiger partial charge is 0.355 e. The molecule has 7 heterocycles. The van der Waals surface area contributed by atoms with Crippen molar-refractivity contribution in [1.82, 2.24) is 45.4 Å². The van der Waals surface area contributed by atoms with Gasteiger partial charge in [-0.3, -0.25) is 24.1 Å². The van der Waals surface area contributed by atoms with Gasteiger partial charge in [0.25, 0.3) is 11.8 Å². The number of pyridine rings is 1. The van der Waals surface area contributed by atoms with Gasteiger partial charge in [-0.25, -0.2) is 39.5 Å². The van der Waals surface area contributed by atoms with E-state index in [4.69, 9.17) is 35.6 Å². The number of aromatic carboxylic acids is 1. The van der Waals surface area contributed by atoms with E-state index >= 15 is 0 Å². The van der Waals surface area contributed by atoms with E-state index in [1.54, 1.807) is 77.0 Å². The molecule has 0 spiro atoms. The molecule has 1 aliphatic rings. The Hall–Kier alpha value is -9.08. The molecule has 1 saturated heterocycles. The molecule has 9 aromatic rings. The molecule has 418 valence electrons. The fourth-order valence-electron chi connectivity index (χ4n) is 9.22. The molecule has 26 heteroatoms. The number of nitrogens with zero attached hydrogens (tertiary/aromatic N) is 7. The Morgan fingerprint density at radius 1 is 0.732 bits per heavy atom. The summed E-state index contributed by atoms with van der Waals surface area (Å²) >= 11 is 4.65. The molecule has 6 unspecified atom stereocenters. The molecule has 0 bridgehead atoms. The molecule has 82 heavy (non-hydrogen) atoms. The summed E-state index contributed by atoms with van der Waals surface area (Å²) < 4.78 is 12.6. The highest BCUT2D eigenvalue weighted by atomic mass is 32.1. The maximum absolute atomic E-state index is 14.5. The summed E-state index contributed by atoms with van der Waals surface area (Å²) in [5, 5.41) is 42.5. The number of phenols is 1. The van der Waals surface area contributed by atoms with Gasteiger partial charge in [0.05, 0.1) is 35.8 Å². The van der Waals surface area contributed by atoms with Crippen LogP contribution in [0.5, 0.6) is 11.5 Å². The molecule has 9 N–H and O–H groups in total. The van der Waals surface area contributed by atoms with Crippen molar-refractivity contribution in [2.24, 2.45) is 17.4 Å². The van der Waals surface area contributed by atoms with Crippen LogP contribution >= 0.6 is 45.3 Å². The molecule has 22 nitrogen and oxygen atoms in total. The number of carbonyl (C=O) groups excluding carboxylic acids is 4. The number of thiazole rings is 4. The number of nitrogens with two attached hydrogens (primary N) is 2. The number of likely N-dealkylation sites (tertiary alicyclic amines) is 1. The number of para-hydroxylation sites is 1. The van der Waals surface area contributed by atoms with Crippen LogP contribution in [0.2, 0.25) is 0 Å². The van der Waals surface area contributed by atoms with Crippen molar-refractivity contribution in [1.29, 1.82) is 0 Å². The van der Waals surface area contributed by atoms with E-state index in [9.17, 15) is 44.1 Å². The van der Waals surface area contributed by atoms with Gasteiger partial charge in [0.2, 0.25) is 17.7 Å². The Bertz CT molecular complexity index is 3830. The van der Waals surface area contributed by atoms with E-state index in [-0.39, 0.29) is 75.4 Å². The number of ether oxygens (including phenoxy) is 1. The first-order valence-corrected chi connectivity index (χ1v) is 28.8. The predicted octanol–water partition coefficient (Wildman–Crippen LogP) is 7.93. The standard InChI is InChI=1S/C56H49N11O11S4/c1-27-19-43(78-32-11-7-4-8-12-32)67(54(72)34(57)20-30-13-15-31(68)16-14-30)46(27)53-64-40(25-82-53)52-62-38(23-79-52)45-33(17-18-35(59-45)50-65-41(26-81-50)56(75)76)49-66-44(28(2)77-49)48(71)60-36(22-42(58)69)51-63-39(24-80-51)47(70)61-37(55(73)74)21-29-9-5-3-6-10-29/h3-18,23-27,34,36-37,43,46,68H,19-22,57H2,1-2H3,(H2,58,69)(H,60,71)(H,61,70)(H,73,74)(H,75,76). The third-order valence-corrected chi connectivity index (χ3v) is 16.8. The maximum Gasteiger partial charge on any atom is 0.355 e. The number of aryl methyl sites for hydroxylation is 1. The normalized spacial score (nSPS) is 16.0. The zero-order valence-electron chi connectivity index (χ0n) is 43.4. The second kappa shape index (κ2) is 24.3. The van der Waals surface area contributed by atoms with Crippen LogP contribution in [-0.2, 0) is 27.2 Å². The number of nitrogens with one attached hydrogen (secondary N) is 2. The van der Waals surface area contributed by atoms with E-state index in [1.165, 1.54) is 40.4 Å². The van der Waals surface area contributed by atoms with Crippen LogP contribution in [0.1, 0.15) is 90.2 Å². The minimum Gasteiger partial charge on any atom is -0.508 e. The summed E-state index contributed by atoms with van der Waals surface area (Å²) in [4.78, 5) is 108. The molecule has 6 aromatic heterocycles. The molecule has 1 aliphatic heterocycles. The number of phenolic OH excluding ortho intramolecular Hbond substituents is 1. The molecule has 0 saturated carbocycles. The molecule has 1 fully saturated rings. The highest BCUT2D eigenvalue weighted by Gasteiger charge is 2.47. The summed E-state index contributed by atoms with van der Waals surface area (Å²) in [6.07, 6.45) is -0.372. The number of carboxylic acids is 2. The summed E-state index contributed by atoms with van der Waals surface area (Å²) in [5.74, 6) is -4.57. The van der Waals surface area contributed by atoms with Gasteiger partial charge in [0, 0.05) is 34.4 Å². The van der Waals surface area contributed by atoms with E-state index in [0.29, 0.717) is 49.8 Å². The van der Waals surface area contributed by atoms with Crippen molar-refractivity contribution < 1.29 is 53.2 Å². The number of amides is 4. The zero-order valence-corrected chi connectivity index (χ0v) is 46.6. The van der Waals surface area contributed by atoms with Gasteiger partial charge in [-0.1, -0.05) is 67.6 Å². The number of rotatable bonds is 21. The molecule has 4 amide bonds. The van der Waals surface area contributed by atoms with Crippen molar-refractivity contribution >= 4 is 80.9 Å². The number of carboxylic acid groups (broad SMARTS) is 2. The first-order chi connectivity index (χ1) is 39.5. The number of aliphatic carboxylic acids is 1. The highest BCUT2D eigenvalue weighted by Crippen LogP contribution is 2.45. The molecule has 10 rings (SSSR count). The van der Waals surface area contributed by atoms with Gasteiger partial charge in [0.1, 0.15) is 66.1 Å². The monoisotopic (exact) mass is 1180 g/mol. The van der Waals surface area contributed by atoms with Crippen molar-refractivity contribution in [3.63, 3.8) is 0 Å². The number of oxazole rings is 1. The fraction of sp³-hybridized carbons (Fsp3) is 0.214. The van der Waals surface area contributed by atoms with Gasteiger partial charge in [-0.05, 0) is 66.8 Å². The third kappa shape index (κ3) is 12.6. The SMILES string of the molecule is Cc1oc(-c2ccc(-c3nc(C(=O)O)cs3)nc2-c2csc(-c3csc(C4C(C)CC(Oc5ccccc5)N4C(=O)C(N)Cc4ccc(O)cc4)n3)n2)nc1C(=O)NC(CC(N)=O)c1nc(C(=O)NC(Cc2ccccc2)C(=O)O)cs1. The van der Waals surface area contributed by atoms with E-state index in [1.807, 2.05) is 42.6 Å². The number of aromatic hydroxyl groups is 1. The minimum atomic E-state index is -1.28. The fourth-order valence-corrected chi connectivity index (χ4v) is 12.7. The summed E-state index contributed by atoms with van der Waals surface area (Å²) in [5.41, 5.74) is 14.9. The number of hydrogen-bond donors (Lipinski definition) is 7. The van der Waals surface area contributed by atoms with Crippen molar-refractivity contribution in [3.05, 3.63) is 163 Å². The quantitative estimate of drug-likeness (QED) is 0.0359. The van der Waals surface area contributed by atoms with E-state index < -0.39 is 66.5 Å². The lowest BCUT2D eigenvalue weighted by molar-refractivity contribution is -0.141. The average molecular weight is 1180 g/mol. The summed E-state index contributed by atoms with van der Waals surface area (Å²) in [6.45, 7) is 3.54. The van der Waals surface area contributed by atoms with Crippen molar-refractivity contribution in [2.75, 3.05) is 0 Å². The van der Waals surface area contributed by atoms with Gasteiger partial charge in [0.15, 0.2) is 17.6 Å². The zero-order chi connectivity index (χ0) is 57.8. The van der Waals surface area contributed by atoms with Crippen LogP contribution in [0.15, 0.2) is 123 Å². The molecule has 0 radical (unpaired) electrons. The summed E-state index contributed by atoms with van der Waals surface area (Å²) in [7, 11) is 0. The predicted molar refractivity (Wildman–Crippen MR) is 304 cm³/mol. The number of benzene rings is 3. The van der Waals surface area contributed by atoms with Crippen LogP contribution in [0.3, 0.4) is 0 Å². The van der Waals surface area contributed by atoms with Crippen molar-refractivity contribution in [2.45, 2.75) is 69.9 Å². The molecule has 3 aromatic carbocycles. The number of aromatic nitrogens is 6. The largest absolute Gasteiger partial charge is 0.508 e. The van der Waals surface area contributed by atoms with Gasteiger partial charge in [-0.2, -0.15) is 0 Å². The Labute approximate surface area is 482 Å². The maximum atomic E-state index is 14.5. The van der Waals surface area contributed by atoms with Crippen LogP contribution in [-0.4, -0.2) is 104 Å². The molecular formula is C56H49N11O11S4. The van der Waals surface area contributed by atoms with Crippen molar-refractivity contribution in [3.8, 4) is 55.7 Å². The summed E-state index contributed by atoms with van der Waals surface area (Å²) in [6, 6.07) is 23.9. The lowest BCUT2D eigenvalue weighted by Gasteiger charge is -2.32. The highest BCUT2D eigenvalue weighted by molar-refractivity contribution is 7.14. The Balaban J connectivity index is 0.924. The molecule has 0 aliphatic carbocycles. The van der Waals surface area contributed by atoms with Crippen LogP contribution in [0, 0.1) is 12.8 Å². The number of carbonyl (C=O) groups is 6. The Kier molecular flexibility index (Phi) is 16.7. The van der Waals surface area contributed by atoms with E-state index in [2.05, 4.69) is 25.6 Å². The van der Waals surface area contributed by atoms with Crippen LogP contribution in [0.25, 0.3) is 44.2 Å². The van der Waals surface area contributed by atoms with Crippen LogP contribution in [0.4, 0.5) is 0 Å². The minimum absolute atomic E-state index is 0.0117. The second-order valence-electron chi connectivity index (χ2n) is 19.1. The topological polar surface area (TPSA) is 342 Å². The van der Waals surface area contributed by atoms with Gasteiger partial charge in [-0.15, -0.1) is 45.3 Å². The van der Waals surface area contributed by atoms with Crippen LogP contribution < -0.4 is 26.8 Å². The first kappa shape index (κ1) is 56.2. The number of hydrogen-bond acceptors (Lipinski definition) is 20. The first-order valence-electron chi connectivity index (χ1n) is 25.3. The second-order valence-corrected chi connectivity index (χ2v) is 22.6. The Morgan fingerprint density at radius 2 is 1.41 bits per heavy atom. The average Bonchev–Trinajstić information content (AvgIpc) is 3.43. The van der Waals surface area contributed by atoms with E-state index in [0.717, 1.165) is 28.2 Å². The van der Waals surface area contributed by atoms with Gasteiger partial charge < -0.3 is 46.6 Å².